The summed E-state index contributed by atoms with van der Waals surface area (Å²) in [5.74, 6) is -0.659. The van der Waals surface area contributed by atoms with Gasteiger partial charge in [0.15, 0.2) is 0 Å². The Morgan fingerprint density at radius 2 is 1.91 bits per heavy atom. The third-order valence-corrected chi connectivity index (χ3v) is 7.85. The first kappa shape index (κ1) is 24.4. The Balaban J connectivity index is 1.70. The van der Waals surface area contributed by atoms with Crippen molar-refractivity contribution in [1.29, 1.82) is 0 Å². The van der Waals surface area contributed by atoms with Gasteiger partial charge in [0.1, 0.15) is 0 Å². The molecule has 2 atom stereocenters. The highest BCUT2D eigenvalue weighted by Gasteiger charge is 2.32. The molecule has 32 heavy (non-hydrogen) atoms. The molecule has 1 saturated heterocycles. The molecule has 1 aliphatic rings. The minimum Gasteiger partial charge on any atom is -0.373 e. The van der Waals surface area contributed by atoms with Crippen molar-refractivity contribution in [2.75, 3.05) is 26.2 Å². The van der Waals surface area contributed by atoms with Crippen LogP contribution in [0.2, 0.25) is 0 Å². The lowest BCUT2D eigenvalue weighted by Crippen LogP contribution is -2.48. The van der Waals surface area contributed by atoms with Crippen molar-refractivity contribution in [3.8, 4) is 0 Å². The molecule has 0 aliphatic carbocycles. The third-order valence-electron chi connectivity index (χ3n) is 5.15. The molecule has 0 radical (unpaired) electrons. The predicted octanol–water partition coefficient (Wildman–Crippen LogP) is 2.32. The number of nitrogens with zero attached hydrogens (tertiary/aromatic N) is 2. The van der Waals surface area contributed by atoms with Crippen LogP contribution < -0.4 is 5.32 Å². The second-order valence-corrected chi connectivity index (χ2v) is 10.8. The van der Waals surface area contributed by atoms with E-state index in [2.05, 4.69) is 5.32 Å². The SMILES string of the molecule is CCN(CC(=O)NCc1cccs1)C(=O)c1cccc(S(=O)(=O)N2C[C@H](C)O[C@@H](C)C2)c1. The fourth-order valence-corrected chi connectivity index (χ4v) is 5.89. The number of hydrogen-bond acceptors (Lipinski definition) is 6. The first-order chi connectivity index (χ1) is 15.2. The topological polar surface area (TPSA) is 96.0 Å². The average Bonchev–Trinajstić information content (AvgIpc) is 3.29. The molecule has 2 aromatic rings. The molecule has 0 saturated carbocycles. The number of morpholine rings is 1. The van der Waals surface area contributed by atoms with Gasteiger partial charge in [-0.2, -0.15) is 4.31 Å². The van der Waals surface area contributed by atoms with Crippen molar-refractivity contribution in [3.05, 3.63) is 52.2 Å². The second kappa shape index (κ2) is 10.6. The summed E-state index contributed by atoms with van der Waals surface area (Å²) in [6.07, 6.45) is -0.414. The van der Waals surface area contributed by atoms with Gasteiger partial charge in [-0.05, 0) is 50.4 Å². The zero-order valence-electron chi connectivity index (χ0n) is 18.5. The van der Waals surface area contributed by atoms with E-state index in [1.807, 2.05) is 31.4 Å². The van der Waals surface area contributed by atoms with Crippen molar-refractivity contribution < 1.29 is 22.7 Å². The molecule has 174 valence electrons. The Hall–Kier alpha value is -2.27. The summed E-state index contributed by atoms with van der Waals surface area (Å²) in [5, 5.41) is 4.74. The Kier molecular flexibility index (Phi) is 8.05. The van der Waals surface area contributed by atoms with Crippen LogP contribution in [0.5, 0.6) is 0 Å². The summed E-state index contributed by atoms with van der Waals surface area (Å²) < 4.78 is 33.3. The van der Waals surface area contributed by atoms with Crippen molar-refractivity contribution in [2.24, 2.45) is 0 Å². The Morgan fingerprint density at radius 1 is 1.19 bits per heavy atom. The van der Waals surface area contributed by atoms with E-state index in [0.29, 0.717) is 13.1 Å². The Morgan fingerprint density at radius 3 is 2.53 bits per heavy atom. The number of carbonyl (C=O) groups is 2. The fraction of sp³-hybridized carbons (Fsp3) is 0.455. The fourth-order valence-electron chi connectivity index (χ4n) is 3.60. The van der Waals surface area contributed by atoms with Crippen LogP contribution in [0.3, 0.4) is 0 Å². The molecule has 2 heterocycles. The van der Waals surface area contributed by atoms with Gasteiger partial charge in [-0.3, -0.25) is 9.59 Å². The zero-order chi connectivity index (χ0) is 23.3. The molecule has 2 amide bonds. The number of carbonyl (C=O) groups excluding carboxylic acids is 2. The van der Waals surface area contributed by atoms with Crippen LogP contribution in [0, 0.1) is 0 Å². The van der Waals surface area contributed by atoms with Gasteiger partial charge >= 0.3 is 0 Å². The summed E-state index contributed by atoms with van der Waals surface area (Å²) in [4.78, 5) is 27.8. The zero-order valence-corrected chi connectivity index (χ0v) is 20.1. The molecular formula is C22H29N3O5S2. The number of ether oxygens (including phenoxy) is 1. The molecule has 8 nitrogen and oxygen atoms in total. The number of benzene rings is 1. The maximum absolute atomic E-state index is 13.2. The molecule has 0 unspecified atom stereocenters. The molecule has 1 fully saturated rings. The number of sulfonamides is 1. The van der Waals surface area contributed by atoms with E-state index in [4.69, 9.17) is 4.74 Å². The van der Waals surface area contributed by atoms with Gasteiger partial charge in [0.05, 0.1) is 30.2 Å². The maximum atomic E-state index is 13.2. The van der Waals surface area contributed by atoms with E-state index in [0.717, 1.165) is 4.88 Å². The van der Waals surface area contributed by atoms with Crippen molar-refractivity contribution >= 4 is 33.2 Å². The van der Waals surface area contributed by atoms with E-state index in [1.54, 1.807) is 30.4 Å². The van der Waals surface area contributed by atoms with Crippen LogP contribution in [-0.4, -0.2) is 67.8 Å². The first-order valence-corrected chi connectivity index (χ1v) is 12.9. The number of thiophene rings is 1. The molecular weight excluding hydrogens is 450 g/mol. The molecule has 1 aliphatic heterocycles. The lowest BCUT2D eigenvalue weighted by Gasteiger charge is -2.34. The average molecular weight is 480 g/mol. The highest BCUT2D eigenvalue weighted by Crippen LogP contribution is 2.22. The molecule has 1 aromatic heterocycles. The van der Waals surface area contributed by atoms with E-state index < -0.39 is 10.0 Å². The largest absolute Gasteiger partial charge is 0.373 e. The van der Waals surface area contributed by atoms with Crippen LogP contribution in [-0.2, 0) is 26.1 Å². The van der Waals surface area contributed by atoms with Crippen LogP contribution >= 0.6 is 11.3 Å². The van der Waals surface area contributed by atoms with Gasteiger partial charge in [-0.25, -0.2) is 8.42 Å². The molecule has 3 rings (SSSR count). The summed E-state index contributed by atoms with van der Waals surface area (Å²) in [7, 11) is -3.77. The van der Waals surface area contributed by atoms with Gasteiger partial charge in [0.2, 0.25) is 15.9 Å². The van der Waals surface area contributed by atoms with E-state index in [1.165, 1.54) is 21.3 Å². The highest BCUT2D eigenvalue weighted by atomic mass is 32.2. The Labute approximate surface area is 193 Å². The molecule has 0 bridgehead atoms. The van der Waals surface area contributed by atoms with Crippen LogP contribution in [0.4, 0.5) is 0 Å². The third kappa shape index (κ3) is 5.94. The number of nitrogens with one attached hydrogen (secondary N) is 1. The summed E-state index contributed by atoms with van der Waals surface area (Å²) in [5.41, 5.74) is 0.230. The van der Waals surface area contributed by atoms with Crippen molar-refractivity contribution in [1.82, 2.24) is 14.5 Å². The predicted molar refractivity (Wildman–Crippen MR) is 123 cm³/mol. The van der Waals surface area contributed by atoms with E-state index in [9.17, 15) is 18.0 Å². The quantitative estimate of drug-likeness (QED) is 0.627. The standard InChI is InChI=1S/C22H29N3O5S2/c1-4-24(15-21(26)23-12-19-8-6-10-31-19)22(27)18-7-5-9-20(11-18)32(28,29)25-13-16(2)30-17(3)14-25/h5-11,16-17H,4,12-15H2,1-3H3,(H,23,26)/t16-,17-/m0/s1. The smallest absolute Gasteiger partial charge is 0.254 e. The van der Waals surface area contributed by atoms with Crippen LogP contribution in [0.25, 0.3) is 0 Å². The molecule has 1 N–H and O–H groups in total. The van der Waals surface area contributed by atoms with Crippen molar-refractivity contribution in [2.45, 2.75) is 44.4 Å². The number of amides is 2. The molecule has 0 spiro atoms. The van der Waals surface area contributed by atoms with Crippen molar-refractivity contribution in [3.63, 3.8) is 0 Å². The van der Waals surface area contributed by atoms with Gasteiger partial charge < -0.3 is 15.0 Å². The lowest BCUT2D eigenvalue weighted by atomic mass is 10.2. The van der Waals surface area contributed by atoms with Gasteiger partial charge in [-0.1, -0.05) is 12.1 Å². The van der Waals surface area contributed by atoms with Crippen LogP contribution in [0.1, 0.15) is 36.0 Å². The monoisotopic (exact) mass is 479 g/mol. The molecule has 10 heteroatoms. The van der Waals surface area contributed by atoms with Crippen LogP contribution in [0.15, 0.2) is 46.7 Å². The number of hydrogen-bond donors (Lipinski definition) is 1. The number of rotatable bonds is 8. The molecule has 1 aromatic carbocycles. The summed E-state index contributed by atoms with van der Waals surface area (Å²) >= 11 is 1.54. The lowest BCUT2D eigenvalue weighted by molar-refractivity contribution is -0.121. The minimum absolute atomic E-state index is 0.0582. The van der Waals surface area contributed by atoms with Gasteiger partial charge in [-0.15, -0.1) is 11.3 Å². The normalized spacial score (nSPS) is 19.5. The minimum atomic E-state index is -3.77. The first-order valence-electron chi connectivity index (χ1n) is 10.5. The van der Waals surface area contributed by atoms with E-state index in [-0.39, 0.29) is 54.1 Å². The van der Waals surface area contributed by atoms with Gasteiger partial charge in [0.25, 0.3) is 5.91 Å². The van der Waals surface area contributed by atoms with Gasteiger partial charge in [0, 0.05) is 30.1 Å². The number of likely N-dealkylation sites (N-methyl/N-ethyl adjacent to an activating group) is 1. The second-order valence-electron chi connectivity index (χ2n) is 7.78. The summed E-state index contributed by atoms with van der Waals surface area (Å²) in [6, 6.07) is 9.83. The van der Waals surface area contributed by atoms with E-state index >= 15 is 0 Å². The maximum Gasteiger partial charge on any atom is 0.254 e. The highest BCUT2D eigenvalue weighted by molar-refractivity contribution is 7.89. The summed E-state index contributed by atoms with van der Waals surface area (Å²) in [6.45, 7) is 6.60. The Bertz CT molecular complexity index is 1030.